The highest BCUT2D eigenvalue weighted by molar-refractivity contribution is 9.11. The van der Waals surface area contributed by atoms with Crippen LogP contribution in [0.25, 0.3) is 10.8 Å². The molecule has 0 aliphatic carbocycles. The molecule has 254 valence electrons. The second-order valence-electron chi connectivity index (χ2n) is 13.0. The number of hydrogen-bond acceptors (Lipinski definition) is 7. The smallest absolute Gasteiger partial charge is 0.306 e. The fourth-order valence-corrected chi connectivity index (χ4v) is 8.51. The molecule has 3 aromatic rings. The first kappa shape index (κ1) is 33.2. The molecule has 3 aromatic carbocycles. The Morgan fingerprint density at radius 3 is 2.49 bits per heavy atom. The summed E-state index contributed by atoms with van der Waals surface area (Å²) in [4.78, 5) is 60.0. The van der Waals surface area contributed by atoms with E-state index in [4.69, 9.17) is 9.47 Å². The molecule has 0 unspecified atom stereocenters. The molecule has 4 aliphatic heterocycles. The van der Waals surface area contributed by atoms with E-state index in [1.807, 2.05) is 91.9 Å². The highest BCUT2D eigenvalue weighted by Gasteiger charge is 2.75. The van der Waals surface area contributed by atoms with Crippen molar-refractivity contribution in [2.24, 2.45) is 11.8 Å². The van der Waals surface area contributed by atoms with E-state index in [0.717, 1.165) is 16.3 Å². The molecule has 10 nitrogen and oxygen atoms in total. The molecule has 2 saturated heterocycles. The number of aliphatic hydroxyl groups excluding tert-OH is 1. The summed E-state index contributed by atoms with van der Waals surface area (Å²) in [5, 5.41) is 15.5. The maximum Gasteiger partial charge on any atom is 0.306 e. The van der Waals surface area contributed by atoms with Gasteiger partial charge in [0.1, 0.15) is 24.4 Å². The number of halogens is 1. The summed E-state index contributed by atoms with van der Waals surface area (Å²) in [6.45, 7) is 1.54. The standard InChI is InChI=1S/C38H38BrN3O7/c1-2-26(21-43)42-34-37(47)41(27-17-16-23-11-8-9-14-25(23)19-27)18-10-4-7-15-30(44)48-22-29(24-12-5-3-6-13-24)40-35(45)31-32(36(42)46)38(34)20-28(39)33(31)49-38/h3-6,8-14,16-17,19-20,26,29,31-34,43H,2,7,15,18,21-22H2,1H3,(H,40,45)/b10-4-/t26-,29+,31+,32-,33+,34+,38-/m0/s1. The Hall–Kier alpha value is -4.32. The monoisotopic (exact) mass is 727 g/mol. The summed E-state index contributed by atoms with van der Waals surface area (Å²) < 4.78 is 12.9. The summed E-state index contributed by atoms with van der Waals surface area (Å²) in [5.41, 5.74) is -0.116. The number of aliphatic hydroxyl groups is 1. The van der Waals surface area contributed by atoms with E-state index in [9.17, 15) is 19.5 Å². The summed E-state index contributed by atoms with van der Waals surface area (Å²) >= 11 is 3.61. The van der Waals surface area contributed by atoms with E-state index in [1.165, 1.54) is 4.90 Å². The predicted molar refractivity (Wildman–Crippen MR) is 186 cm³/mol. The number of rotatable bonds is 5. The largest absolute Gasteiger partial charge is 0.463 e. The van der Waals surface area contributed by atoms with Crippen LogP contribution in [0.2, 0.25) is 0 Å². The third-order valence-corrected chi connectivity index (χ3v) is 10.9. The lowest BCUT2D eigenvalue weighted by Crippen LogP contribution is -2.58. The third kappa shape index (κ3) is 5.77. The zero-order chi connectivity index (χ0) is 34.3. The Morgan fingerprint density at radius 2 is 1.73 bits per heavy atom. The van der Waals surface area contributed by atoms with Gasteiger partial charge in [-0.25, -0.2) is 0 Å². The van der Waals surface area contributed by atoms with Gasteiger partial charge in [0.2, 0.25) is 11.8 Å². The molecule has 11 heteroatoms. The average Bonchev–Trinajstić information content (AvgIpc) is 3.71. The number of carbonyl (C=O) groups is 4. The molecular formula is C38H38BrN3O7. The van der Waals surface area contributed by atoms with Gasteiger partial charge in [0, 0.05) is 23.1 Å². The van der Waals surface area contributed by atoms with Gasteiger partial charge in [-0.1, -0.05) is 95.7 Å². The number of likely N-dealkylation sites (tertiary alicyclic amines) is 1. The molecule has 0 aromatic heterocycles. The van der Waals surface area contributed by atoms with Gasteiger partial charge >= 0.3 is 5.97 Å². The van der Waals surface area contributed by atoms with Gasteiger partial charge in [0.15, 0.2) is 0 Å². The zero-order valence-corrected chi connectivity index (χ0v) is 28.6. The number of fused-ring (bicyclic) bond motifs is 3. The van der Waals surface area contributed by atoms with E-state index in [-0.39, 0.29) is 26.2 Å². The first-order chi connectivity index (χ1) is 23.8. The van der Waals surface area contributed by atoms with Crippen molar-refractivity contribution in [2.45, 2.75) is 56.0 Å². The maximum atomic E-state index is 15.1. The predicted octanol–water partition coefficient (Wildman–Crippen LogP) is 4.57. The lowest BCUT2D eigenvalue weighted by Gasteiger charge is -2.38. The summed E-state index contributed by atoms with van der Waals surface area (Å²) in [6, 6.07) is 20.2. The third-order valence-electron chi connectivity index (χ3n) is 10.2. The van der Waals surface area contributed by atoms with Crippen LogP contribution in [0.5, 0.6) is 0 Å². The summed E-state index contributed by atoms with van der Waals surface area (Å²) in [7, 11) is 0. The van der Waals surface area contributed by atoms with Crippen LogP contribution >= 0.6 is 15.9 Å². The quantitative estimate of drug-likeness (QED) is 0.292. The normalized spacial score (nSPS) is 30.2. The highest BCUT2D eigenvalue weighted by Crippen LogP contribution is 2.59. The van der Waals surface area contributed by atoms with E-state index in [2.05, 4.69) is 21.2 Å². The van der Waals surface area contributed by atoms with Gasteiger partial charge < -0.3 is 29.7 Å². The van der Waals surface area contributed by atoms with E-state index in [0.29, 0.717) is 23.0 Å². The summed E-state index contributed by atoms with van der Waals surface area (Å²) in [5.74, 6) is -3.71. The van der Waals surface area contributed by atoms with Crippen LogP contribution in [0.1, 0.15) is 37.8 Å². The molecule has 1 spiro atoms. The molecule has 4 aliphatic rings. The Labute approximate surface area is 292 Å². The van der Waals surface area contributed by atoms with Crippen molar-refractivity contribution in [3.8, 4) is 0 Å². The van der Waals surface area contributed by atoms with Crippen LogP contribution in [0.4, 0.5) is 5.69 Å². The minimum Gasteiger partial charge on any atom is -0.463 e. The number of cyclic esters (lactones) is 1. The fourth-order valence-electron chi connectivity index (χ4n) is 7.78. The van der Waals surface area contributed by atoms with Gasteiger partial charge in [-0.2, -0.15) is 0 Å². The molecule has 0 radical (unpaired) electrons. The highest BCUT2D eigenvalue weighted by atomic mass is 79.9. The van der Waals surface area contributed by atoms with Gasteiger partial charge in [0.05, 0.1) is 30.5 Å². The topological polar surface area (TPSA) is 125 Å². The van der Waals surface area contributed by atoms with Crippen molar-refractivity contribution in [1.29, 1.82) is 0 Å². The van der Waals surface area contributed by atoms with Gasteiger partial charge in [-0.05, 0) is 47.4 Å². The number of nitrogens with zero attached hydrogens (tertiary/aromatic N) is 2. The molecule has 49 heavy (non-hydrogen) atoms. The number of carbonyl (C=O) groups excluding carboxylic acids is 4. The van der Waals surface area contributed by atoms with E-state index >= 15 is 4.79 Å². The number of ether oxygens (including phenoxy) is 2. The fraction of sp³-hybridized carbons (Fsp3) is 0.368. The first-order valence-electron chi connectivity index (χ1n) is 16.7. The molecule has 3 amide bonds. The molecule has 2 fully saturated rings. The molecule has 7 rings (SSSR count). The van der Waals surface area contributed by atoms with E-state index < -0.39 is 65.4 Å². The zero-order valence-electron chi connectivity index (χ0n) is 27.0. The molecule has 5 bridgehead atoms. The van der Waals surface area contributed by atoms with Crippen molar-refractivity contribution >= 4 is 56.1 Å². The first-order valence-corrected chi connectivity index (χ1v) is 17.5. The van der Waals surface area contributed by atoms with Crippen LogP contribution < -0.4 is 10.2 Å². The van der Waals surface area contributed by atoms with Crippen LogP contribution in [-0.4, -0.2) is 77.2 Å². The Bertz CT molecular complexity index is 1840. The molecule has 2 N–H and O–H groups in total. The second-order valence-corrected chi connectivity index (χ2v) is 13.9. The molecule has 4 heterocycles. The maximum absolute atomic E-state index is 15.1. The lowest BCUT2D eigenvalue weighted by molar-refractivity contribution is -0.146. The molecule has 7 atom stereocenters. The van der Waals surface area contributed by atoms with Gasteiger partial charge in [-0.15, -0.1) is 0 Å². The van der Waals surface area contributed by atoms with Crippen LogP contribution in [0.3, 0.4) is 0 Å². The van der Waals surface area contributed by atoms with Crippen molar-refractivity contribution < 1.29 is 33.8 Å². The Morgan fingerprint density at radius 1 is 0.980 bits per heavy atom. The summed E-state index contributed by atoms with van der Waals surface area (Å²) in [6.07, 6.45) is 5.52. The number of allylic oxidation sites excluding steroid dienone is 1. The number of esters is 1. The SMILES string of the molecule is CC[C@@H](CO)N1C(=O)[C@@H]2[C@H]3C(=O)N[C@@H](c4ccccc4)COC(=O)CC/C=C\CN(c4ccc5ccccc5c4)C(=O)[C@@H]1[C@]21C=C(Br)[C@H]3O1. The van der Waals surface area contributed by atoms with Crippen LogP contribution in [-0.2, 0) is 28.7 Å². The van der Waals surface area contributed by atoms with Crippen molar-refractivity contribution in [2.75, 3.05) is 24.7 Å². The van der Waals surface area contributed by atoms with Crippen LogP contribution in [0, 0.1) is 11.8 Å². The molecule has 0 saturated carbocycles. The van der Waals surface area contributed by atoms with Gasteiger partial charge in [0.25, 0.3) is 5.91 Å². The lowest BCUT2D eigenvalue weighted by atomic mass is 9.74. The van der Waals surface area contributed by atoms with Crippen molar-refractivity contribution in [3.05, 3.63) is 101 Å². The van der Waals surface area contributed by atoms with Crippen molar-refractivity contribution in [3.63, 3.8) is 0 Å². The Balaban J connectivity index is 1.36. The van der Waals surface area contributed by atoms with Gasteiger partial charge in [-0.3, -0.25) is 19.2 Å². The number of anilines is 1. The second kappa shape index (κ2) is 13.5. The minimum absolute atomic E-state index is 0.0945. The number of amides is 3. The minimum atomic E-state index is -1.47. The number of hydrogen-bond donors (Lipinski definition) is 2. The number of benzene rings is 3. The van der Waals surface area contributed by atoms with E-state index in [1.54, 1.807) is 11.0 Å². The number of nitrogens with one attached hydrogen (secondary N) is 1. The Kier molecular flexibility index (Phi) is 9.17. The van der Waals surface area contributed by atoms with Crippen molar-refractivity contribution in [1.82, 2.24) is 10.2 Å². The van der Waals surface area contributed by atoms with Crippen LogP contribution in [0.15, 0.2) is 95.5 Å². The molecular weight excluding hydrogens is 690 g/mol. The average molecular weight is 729 g/mol.